The summed E-state index contributed by atoms with van der Waals surface area (Å²) in [5.41, 5.74) is 0. The Morgan fingerprint density at radius 3 is 1.61 bits per heavy atom. The molecule has 18 heteroatoms. The summed E-state index contributed by atoms with van der Waals surface area (Å²) in [7, 11) is -13.1. The molecule has 0 N–H and O–H groups in total. The number of hydrogen-bond acceptors (Lipinski definition) is 14. The summed E-state index contributed by atoms with van der Waals surface area (Å²) in [6.45, 7) is -1.27. The molecule has 0 aromatic carbocycles. The SMILES string of the molecule is O=S1(=O)CC(COB(OCC2COS(=O)(=O)O2)OCC2COS(=O)(=O)O2)CO1. The highest BCUT2D eigenvalue weighted by Crippen LogP contribution is 2.18. The monoisotopic (exact) mass is 468 g/mol. The molecule has 0 aromatic heterocycles. The molecule has 3 unspecified atom stereocenters. The topological polar surface area (TPSA) is 176 Å². The lowest BCUT2D eigenvalue weighted by Crippen LogP contribution is -2.36. The van der Waals surface area contributed by atoms with Crippen molar-refractivity contribution in [3.05, 3.63) is 0 Å². The Morgan fingerprint density at radius 1 is 0.714 bits per heavy atom. The van der Waals surface area contributed by atoms with Crippen LogP contribution in [0.3, 0.4) is 0 Å². The molecular formula is C10H17BO14S3. The van der Waals surface area contributed by atoms with Crippen LogP contribution in [0.4, 0.5) is 0 Å². The fourth-order valence-corrected chi connectivity index (χ4v) is 5.23. The summed E-state index contributed by atoms with van der Waals surface area (Å²) >= 11 is 0. The van der Waals surface area contributed by atoms with Gasteiger partial charge in [-0.2, -0.15) is 25.3 Å². The van der Waals surface area contributed by atoms with Crippen LogP contribution in [-0.2, 0) is 65.8 Å². The van der Waals surface area contributed by atoms with E-state index in [1.54, 1.807) is 0 Å². The van der Waals surface area contributed by atoms with Crippen LogP contribution >= 0.6 is 0 Å². The molecule has 3 heterocycles. The fourth-order valence-electron chi connectivity index (χ4n) is 2.33. The van der Waals surface area contributed by atoms with Crippen LogP contribution in [0.5, 0.6) is 0 Å². The lowest BCUT2D eigenvalue weighted by molar-refractivity contribution is 0.0339. The highest BCUT2D eigenvalue weighted by molar-refractivity contribution is 7.86. The van der Waals surface area contributed by atoms with Gasteiger partial charge in [-0.1, -0.05) is 0 Å². The van der Waals surface area contributed by atoms with E-state index < -0.39 is 56.4 Å². The van der Waals surface area contributed by atoms with Gasteiger partial charge in [0.2, 0.25) is 0 Å². The molecule has 0 saturated carbocycles. The first-order valence-corrected chi connectivity index (χ1v) is 12.1. The van der Waals surface area contributed by atoms with E-state index in [1.807, 2.05) is 0 Å². The summed E-state index contributed by atoms with van der Waals surface area (Å²) < 4.78 is 106. The number of hydrogen-bond donors (Lipinski definition) is 0. The quantitative estimate of drug-likeness (QED) is 0.253. The summed E-state index contributed by atoms with van der Waals surface area (Å²) in [6, 6.07) is 0. The van der Waals surface area contributed by atoms with E-state index in [9.17, 15) is 25.3 Å². The second kappa shape index (κ2) is 8.76. The largest absolute Gasteiger partial charge is 0.639 e. The van der Waals surface area contributed by atoms with E-state index in [0.29, 0.717) is 0 Å². The Kier molecular flexibility index (Phi) is 6.97. The van der Waals surface area contributed by atoms with E-state index in [2.05, 4.69) is 20.9 Å². The molecule has 28 heavy (non-hydrogen) atoms. The van der Waals surface area contributed by atoms with E-state index in [0.717, 1.165) is 0 Å². The Bertz CT molecular complexity index is 740. The molecule has 0 aliphatic carbocycles. The van der Waals surface area contributed by atoms with Crippen LogP contribution in [0.25, 0.3) is 0 Å². The minimum absolute atomic E-state index is 0.0648. The van der Waals surface area contributed by atoms with Crippen LogP contribution in [0.15, 0.2) is 0 Å². The standard InChI is InChI=1S/C10H17BO14S3/c12-26(13)7-8(2-21-26)1-18-11(19-3-9-5-22-27(14,15)24-9)20-4-10-6-23-28(16,17)25-10/h8-10H,1-7H2. The lowest BCUT2D eigenvalue weighted by atomic mass is 10.1. The van der Waals surface area contributed by atoms with Crippen molar-refractivity contribution >= 4 is 38.2 Å². The highest BCUT2D eigenvalue weighted by Gasteiger charge is 2.37. The summed E-state index contributed by atoms with van der Waals surface area (Å²) in [6.07, 6.45) is -1.86. The molecule has 0 amide bonds. The Labute approximate surface area is 162 Å². The van der Waals surface area contributed by atoms with Gasteiger partial charge in [0, 0.05) is 12.5 Å². The maximum absolute atomic E-state index is 11.3. The Morgan fingerprint density at radius 2 is 1.21 bits per heavy atom. The number of rotatable bonds is 9. The van der Waals surface area contributed by atoms with Gasteiger partial charge in [-0.25, -0.2) is 16.7 Å². The van der Waals surface area contributed by atoms with Crippen LogP contribution in [0, 0.1) is 5.92 Å². The van der Waals surface area contributed by atoms with Crippen LogP contribution < -0.4 is 0 Å². The van der Waals surface area contributed by atoms with Gasteiger partial charge in [-0.3, -0.25) is 4.18 Å². The summed E-state index contributed by atoms with van der Waals surface area (Å²) in [5, 5.41) is 0. The van der Waals surface area contributed by atoms with Crippen molar-refractivity contribution in [3.63, 3.8) is 0 Å². The van der Waals surface area contributed by atoms with E-state index in [4.69, 9.17) is 14.0 Å². The fraction of sp³-hybridized carbons (Fsp3) is 1.00. The molecule has 3 aliphatic rings. The third-order valence-corrected chi connectivity index (χ3v) is 6.77. The molecule has 0 spiro atoms. The average Bonchev–Trinajstić information content (AvgIpc) is 3.23. The maximum atomic E-state index is 11.3. The summed E-state index contributed by atoms with van der Waals surface area (Å²) in [5.74, 6) is -0.701. The molecular weight excluding hydrogens is 451 g/mol. The lowest BCUT2D eigenvalue weighted by Gasteiger charge is -2.18. The molecule has 3 fully saturated rings. The van der Waals surface area contributed by atoms with Gasteiger partial charge < -0.3 is 14.0 Å². The molecule has 0 bridgehead atoms. The van der Waals surface area contributed by atoms with E-state index in [1.165, 1.54) is 0 Å². The third-order valence-electron chi connectivity index (χ3n) is 3.53. The first kappa shape index (κ1) is 22.3. The predicted octanol–water partition coefficient (Wildman–Crippen LogP) is -2.68. The third kappa shape index (κ3) is 6.83. The van der Waals surface area contributed by atoms with Crippen LogP contribution in [0.1, 0.15) is 0 Å². The summed E-state index contributed by atoms with van der Waals surface area (Å²) in [4.78, 5) is 0. The molecule has 0 radical (unpaired) electrons. The second-order valence-electron chi connectivity index (χ2n) is 5.99. The van der Waals surface area contributed by atoms with Gasteiger partial charge in [0.05, 0.1) is 38.8 Å². The van der Waals surface area contributed by atoms with Crippen LogP contribution in [-0.4, -0.2) is 90.2 Å². The molecule has 3 atom stereocenters. The minimum Gasteiger partial charge on any atom is -0.385 e. The van der Waals surface area contributed by atoms with Crippen molar-refractivity contribution in [1.82, 2.24) is 0 Å². The van der Waals surface area contributed by atoms with Crippen molar-refractivity contribution < 1.29 is 60.1 Å². The first-order valence-electron chi connectivity index (χ1n) is 7.89. The normalized spacial score (nSPS) is 33.2. The predicted molar refractivity (Wildman–Crippen MR) is 86.3 cm³/mol. The van der Waals surface area contributed by atoms with Gasteiger partial charge in [0.15, 0.2) is 0 Å². The van der Waals surface area contributed by atoms with Crippen molar-refractivity contribution in [1.29, 1.82) is 0 Å². The zero-order valence-corrected chi connectivity index (χ0v) is 16.6. The van der Waals surface area contributed by atoms with Gasteiger partial charge in [0.1, 0.15) is 12.2 Å². The highest BCUT2D eigenvalue weighted by atomic mass is 32.3. The Hall–Kier alpha value is -0.405. The smallest absolute Gasteiger partial charge is 0.385 e. The van der Waals surface area contributed by atoms with E-state index in [-0.39, 0.29) is 45.4 Å². The van der Waals surface area contributed by atoms with Crippen molar-refractivity contribution in [2.75, 3.05) is 45.4 Å². The van der Waals surface area contributed by atoms with Crippen LogP contribution in [0.2, 0.25) is 0 Å². The zero-order chi connectivity index (χ0) is 20.4. The van der Waals surface area contributed by atoms with Gasteiger partial charge in [0.25, 0.3) is 10.1 Å². The maximum Gasteiger partial charge on any atom is 0.639 e. The first-order chi connectivity index (χ1) is 13.0. The second-order valence-corrected chi connectivity index (χ2v) is 10.2. The van der Waals surface area contributed by atoms with E-state index >= 15 is 0 Å². The van der Waals surface area contributed by atoms with Crippen molar-refractivity contribution in [2.45, 2.75) is 12.2 Å². The Balaban J connectivity index is 1.49. The average molecular weight is 468 g/mol. The molecule has 162 valence electrons. The molecule has 0 aromatic rings. The molecule has 3 saturated heterocycles. The van der Waals surface area contributed by atoms with Gasteiger partial charge in [-0.15, -0.1) is 0 Å². The van der Waals surface area contributed by atoms with Gasteiger partial charge >= 0.3 is 28.1 Å². The van der Waals surface area contributed by atoms with Crippen molar-refractivity contribution in [3.8, 4) is 0 Å². The molecule has 14 nitrogen and oxygen atoms in total. The molecule has 3 aliphatic heterocycles. The van der Waals surface area contributed by atoms with Crippen molar-refractivity contribution in [2.24, 2.45) is 5.92 Å². The minimum atomic E-state index is -4.07. The van der Waals surface area contributed by atoms with Gasteiger partial charge in [-0.05, 0) is 0 Å². The zero-order valence-electron chi connectivity index (χ0n) is 14.2. The molecule has 3 rings (SSSR count).